The Balaban J connectivity index is 2.01. The lowest BCUT2D eigenvalue weighted by atomic mass is 10.0. The minimum Gasteiger partial charge on any atom is -0.395 e. The monoisotopic (exact) mass is 291 g/mol. The van der Waals surface area contributed by atoms with Crippen molar-refractivity contribution in [2.24, 2.45) is 5.73 Å². The Morgan fingerprint density at radius 1 is 1.19 bits per heavy atom. The highest BCUT2D eigenvalue weighted by Crippen LogP contribution is 2.24. The first-order valence-electron chi connectivity index (χ1n) is 8.00. The van der Waals surface area contributed by atoms with Crippen LogP contribution in [0.3, 0.4) is 0 Å². The first kappa shape index (κ1) is 16.3. The molecule has 0 aliphatic carbocycles. The summed E-state index contributed by atoms with van der Waals surface area (Å²) in [4.78, 5) is 4.79. The molecule has 0 amide bonds. The number of anilines is 1. The molecular weight excluding hydrogens is 262 g/mol. The molecule has 4 heteroatoms. The van der Waals surface area contributed by atoms with E-state index in [4.69, 9.17) is 5.73 Å². The number of hydrogen-bond donors (Lipinski definition) is 2. The Kier molecular flexibility index (Phi) is 5.62. The fraction of sp³-hybridized carbons (Fsp3) is 0.647. The van der Waals surface area contributed by atoms with Crippen LogP contribution in [0.15, 0.2) is 18.2 Å². The SMILES string of the molecule is CCC(N)C(CO)N1CCN(c2cccc(C)c2C)CC1. The molecule has 118 valence electrons. The predicted molar refractivity (Wildman–Crippen MR) is 88.8 cm³/mol. The fourth-order valence-electron chi connectivity index (χ4n) is 3.17. The number of aryl methyl sites for hydroxylation is 1. The number of piperazine rings is 1. The molecule has 2 atom stereocenters. The number of hydrogen-bond acceptors (Lipinski definition) is 4. The normalized spacial score (nSPS) is 19.6. The van der Waals surface area contributed by atoms with Gasteiger partial charge < -0.3 is 15.7 Å². The zero-order chi connectivity index (χ0) is 15.4. The molecule has 1 heterocycles. The van der Waals surface area contributed by atoms with Gasteiger partial charge in [0.15, 0.2) is 0 Å². The molecule has 4 nitrogen and oxygen atoms in total. The van der Waals surface area contributed by atoms with Crippen molar-refractivity contribution in [1.29, 1.82) is 0 Å². The molecular formula is C17H29N3O. The predicted octanol–water partition coefficient (Wildman–Crippen LogP) is 1.52. The van der Waals surface area contributed by atoms with Crippen LogP contribution in [-0.4, -0.2) is 54.9 Å². The second-order valence-electron chi connectivity index (χ2n) is 6.06. The van der Waals surface area contributed by atoms with Crippen LogP contribution in [0.25, 0.3) is 0 Å². The summed E-state index contributed by atoms with van der Waals surface area (Å²) in [5.41, 5.74) is 10.2. The van der Waals surface area contributed by atoms with Gasteiger partial charge >= 0.3 is 0 Å². The summed E-state index contributed by atoms with van der Waals surface area (Å²) in [5, 5.41) is 9.61. The van der Waals surface area contributed by atoms with Crippen molar-refractivity contribution in [3.05, 3.63) is 29.3 Å². The van der Waals surface area contributed by atoms with Crippen molar-refractivity contribution < 1.29 is 5.11 Å². The van der Waals surface area contributed by atoms with E-state index in [1.165, 1.54) is 16.8 Å². The quantitative estimate of drug-likeness (QED) is 0.864. The van der Waals surface area contributed by atoms with E-state index in [0.717, 1.165) is 32.6 Å². The smallest absolute Gasteiger partial charge is 0.0601 e. The maximum Gasteiger partial charge on any atom is 0.0601 e. The summed E-state index contributed by atoms with van der Waals surface area (Å²) < 4.78 is 0. The molecule has 1 aliphatic heterocycles. The highest BCUT2D eigenvalue weighted by Gasteiger charge is 2.27. The van der Waals surface area contributed by atoms with Crippen molar-refractivity contribution in [1.82, 2.24) is 4.90 Å². The van der Waals surface area contributed by atoms with E-state index in [1.54, 1.807) is 0 Å². The molecule has 0 spiro atoms. The van der Waals surface area contributed by atoms with Crippen molar-refractivity contribution in [3.63, 3.8) is 0 Å². The zero-order valence-electron chi connectivity index (χ0n) is 13.5. The van der Waals surface area contributed by atoms with Gasteiger partial charge in [-0.2, -0.15) is 0 Å². The number of nitrogens with two attached hydrogens (primary N) is 1. The molecule has 2 rings (SSSR count). The first-order valence-corrected chi connectivity index (χ1v) is 8.00. The molecule has 1 aromatic carbocycles. The van der Waals surface area contributed by atoms with E-state index in [2.05, 4.69) is 48.8 Å². The minimum atomic E-state index is 0.0576. The van der Waals surface area contributed by atoms with Crippen LogP contribution in [0, 0.1) is 13.8 Å². The average Bonchev–Trinajstić information content (AvgIpc) is 2.51. The van der Waals surface area contributed by atoms with Crippen LogP contribution in [-0.2, 0) is 0 Å². The van der Waals surface area contributed by atoms with Crippen molar-refractivity contribution in [3.8, 4) is 0 Å². The summed E-state index contributed by atoms with van der Waals surface area (Å²) in [6, 6.07) is 6.65. The van der Waals surface area contributed by atoms with E-state index < -0.39 is 0 Å². The van der Waals surface area contributed by atoms with Crippen LogP contribution in [0.5, 0.6) is 0 Å². The molecule has 0 radical (unpaired) electrons. The second kappa shape index (κ2) is 7.25. The summed E-state index contributed by atoms with van der Waals surface area (Å²) in [5.74, 6) is 0. The van der Waals surface area contributed by atoms with Crippen molar-refractivity contribution in [2.45, 2.75) is 39.3 Å². The van der Waals surface area contributed by atoms with Gasteiger partial charge in [0.1, 0.15) is 0 Å². The van der Waals surface area contributed by atoms with Gasteiger partial charge in [0.05, 0.1) is 6.61 Å². The van der Waals surface area contributed by atoms with Crippen LogP contribution in [0.2, 0.25) is 0 Å². The van der Waals surface area contributed by atoms with E-state index in [1.807, 2.05) is 0 Å². The van der Waals surface area contributed by atoms with Crippen LogP contribution in [0.4, 0.5) is 5.69 Å². The lowest BCUT2D eigenvalue weighted by Crippen LogP contribution is -2.57. The fourth-order valence-corrected chi connectivity index (χ4v) is 3.17. The molecule has 1 saturated heterocycles. The van der Waals surface area contributed by atoms with E-state index in [-0.39, 0.29) is 18.7 Å². The van der Waals surface area contributed by atoms with Crippen LogP contribution < -0.4 is 10.6 Å². The summed E-state index contributed by atoms with van der Waals surface area (Å²) in [6.07, 6.45) is 0.905. The first-order chi connectivity index (χ1) is 10.1. The van der Waals surface area contributed by atoms with Crippen LogP contribution in [0.1, 0.15) is 24.5 Å². The molecule has 21 heavy (non-hydrogen) atoms. The zero-order valence-corrected chi connectivity index (χ0v) is 13.5. The topological polar surface area (TPSA) is 52.7 Å². The number of rotatable bonds is 5. The molecule has 0 bridgehead atoms. The molecule has 0 saturated carbocycles. The lowest BCUT2D eigenvalue weighted by molar-refractivity contribution is 0.0973. The van der Waals surface area contributed by atoms with E-state index in [9.17, 15) is 5.11 Å². The Bertz CT molecular complexity index is 455. The lowest BCUT2D eigenvalue weighted by Gasteiger charge is -2.42. The molecule has 1 fully saturated rings. The van der Waals surface area contributed by atoms with Gasteiger partial charge in [-0.25, -0.2) is 0 Å². The third-order valence-corrected chi connectivity index (χ3v) is 4.85. The number of aliphatic hydroxyl groups is 1. The van der Waals surface area contributed by atoms with Gasteiger partial charge in [-0.1, -0.05) is 19.1 Å². The van der Waals surface area contributed by atoms with Gasteiger partial charge in [0.2, 0.25) is 0 Å². The van der Waals surface area contributed by atoms with Gasteiger partial charge in [-0.05, 0) is 37.5 Å². The number of aliphatic hydroxyl groups excluding tert-OH is 1. The third kappa shape index (κ3) is 3.57. The average molecular weight is 291 g/mol. The minimum absolute atomic E-state index is 0.0576. The number of benzene rings is 1. The third-order valence-electron chi connectivity index (χ3n) is 4.85. The Labute approximate surface area is 128 Å². The van der Waals surface area contributed by atoms with E-state index >= 15 is 0 Å². The van der Waals surface area contributed by atoms with Gasteiger partial charge in [0.25, 0.3) is 0 Å². The Morgan fingerprint density at radius 2 is 1.86 bits per heavy atom. The number of nitrogens with zero attached hydrogens (tertiary/aromatic N) is 2. The van der Waals surface area contributed by atoms with Crippen molar-refractivity contribution >= 4 is 5.69 Å². The van der Waals surface area contributed by atoms with Gasteiger partial charge in [0, 0.05) is 44.0 Å². The summed E-state index contributed by atoms with van der Waals surface area (Å²) >= 11 is 0. The Morgan fingerprint density at radius 3 is 2.43 bits per heavy atom. The maximum atomic E-state index is 9.61. The highest BCUT2D eigenvalue weighted by atomic mass is 16.3. The highest BCUT2D eigenvalue weighted by molar-refractivity contribution is 5.56. The largest absolute Gasteiger partial charge is 0.395 e. The second-order valence-corrected chi connectivity index (χ2v) is 6.06. The van der Waals surface area contributed by atoms with Crippen LogP contribution >= 0.6 is 0 Å². The van der Waals surface area contributed by atoms with Crippen molar-refractivity contribution in [2.75, 3.05) is 37.7 Å². The Hall–Kier alpha value is -1.10. The van der Waals surface area contributed by atoms with E-state index in [0.29, 0.717) is 0 Å². The molecule has 3 N–H and O–H groups in total. The summed E-state index contributed by atoms with van der Waals surface area (Å²) in [6.45, 7) is 10.5. The molecule has 2 unspecified atom stereocenters. The maximum absolute atomic E-state index is 9.61. The standard InChI is InChI=1S/C17H29N3O/c1-4-15(18)17(12-21)20-10-8-19(9-11-20)16-7-5-6-13(2)14(16)3/h5-7,15,17,21H,4,8-12,18H2,1-3H3. The van der Waals surface area contributed by atoms with Gasteiger partial charge in [-0.15, -0.1) is 0 Å². The molecule has 1 aliphatic rings. The summed E-state index contributed by atoms with van der Waals surface area (Å²) in [7, 11) is 0. The molecule has 0 aromatic heterocycles. The van der Waals surface area contributed by atoms with Gasteiger partial charge in [-0.3, -0.25) is 4.90 Å². The molecule has 1 aromatic rings.